The van der Waals surface area contributed by atoms with Gasteiger partial charge < -0.3 is 5.73 Å². The number of halogens is 1. The lowest BCUT2D eigenvalue weighted by Gasteiger charge is -2.27. The Morgan fingerprint density at radius 3 is 2.39 bits per heavy atom. The third kappa shape index (κ3) is 3.71. The van der Waals surface area contributed by atoms with E-state index in [1.807, 2.05) is 0 Å². The maximum atomic E-state index is 5.90. The van der Waals surface area contributed by atoms with Crippen molar-refractivity contribution in [1.29, 1.82) is 0 Å². The Balaban J connectivity index is 0.00000162. The van der Waals surface area contributed by atoms with Gasteiger partial charge in [0, 0.05) is 19.1 Å². The van der Waals surface area contributed by atoms with Gasteiger partial charge in [0.05, 0.1) is 0 Å². The molecule has 2 N–H and O–H groups in total. The molecule has 1 aromatic rings. The molecule has 1 aliphatic carbocycles. The maximum absolute atomic E-state index is 5.90. The zero-order valence-electron chi connectivity index (χ0n) is 11.4. The number of nitrogens with two attached hydrogens (primary N) is 1. The molecule has 0 bridgehead atoms. The Morgan fingerprint density at radius 1 is 1.28 bits per heavy atom. The highest BCUT2D eigenvalue weighted by Gasteiger charge is 2.32. The van der Waals surface area contributed by atoms with Crippen LogP contribution in [0.5, 0.6) is 0 Å². The molecule has 1 aliphatic rings. The van der Waals surface area contributed by atoms with E-state index in [0.717, 1.165) is 25.4 Å². The first kappa shape index (κ1) is 15.5. The van der Waals surface area contributed by atoms with Gasteiger partial charge in [0.15, 0.2) is 0 Å². The lowest BCUT2D eigenvalue weighted by molar-refractivity contribution is 0.215. The number of hydrogen-bond acceptors (Lipinski definition) is 2. The fraction of sp³-hybridized carbons (Fsp3) is 0.600. The fourth-order valence-electron chi connectivity index (χ4n) is 2.66. The second kappa shape index (κ2) is 7.13. The summed E-state index contributed by atoms with van der Waals surface area (Å²) < 4.78 is 0. The van der Waals surface area contributed by atoms with Crippen molar-refractivity contribution >= 4 is 12.4 Å². The number of rotatable bonds is 6. The van der Waals surface area contributed by atoms with E-state index in [9.17, 15) is 0 Å². The molecule has 0 heterocycles. The first-order valence-electron chi connectivity index (χ1n) is 6.73. The van der Waals surface area contributed by atoms with Gasteiger partial charge in [-0.3, -0.25) is 4.90 Å². The van der Waals surface area contributed by atoms with E-state index < -0.39 is 0 Å². The molecule has 0 aromatic heterocycles. The summed E-state index contributed by atoms with van der Waals surface area (Å²) in [7, 11) is 2.21. The SMILES string of the molecule is CCc1ccccc1CN(C)C(CN)C1CC1.Cl. The molecule has 0 spiro atoms. The van der Waals surface area contributed by atoms with E-state index >= 15 is 0 Å². The van der Waals surface area contributed by atoms with E-state index in [0.29, 0.717) is 6.04 Å². The molecule has 2 nitrogen and oxygen atoms in total. The molecule has 1 saturated carbocycles. The monoisotopic (exact) mass is 268 g/mol. The van der Waals surface area contributed by atoms with Crippen molar-refractivity contribution in [3.05, 3.63) is 35.4 Å². The van der Waals surface area contributed by atoms with Crippen molar-refractivity contribution in [2.75, 3.05) is 13.6 Å². The average Bonchev–Trinajstić information content (AvgIpc) is 3.15. The van der Waals surface area contributed by atoms with Gasteiger partial charge in [-0.2, -0.15) is 0 Å². The summed E-state index contributed by atoms with van der Waals surface area (Å²) in [6, 6.07) is 9.31. The summed E-state index contributed by atoms with van der Waals surface area (Å²) in [6.45, 7) is 4.04. The van der Waals surface area contributed by atoms with Gasteiger partial charge in [0.2, 0.25) is 0 Å². The van der Waals surface area contributed by atoms with Gasteiger partial charge in [0.25, 0.3) is 0 Å². The standard InChI is InChI=1S/C15H24N2.ClH/c1-3-12-6-4-5-7-14(12)11-17(2)15(10-16)13-8-9-13;/h4-7,13,15H,3,8-11,16H2,1-2H3;1H. The largest absolute Gasteiger partial charge is 0.329 e. The predicted molar refractivity (Wildman–Crippen MR) is 80.1 cm³/mol. The van der Waals surface area contributed by atoms with Gasteiger partial charge in [-0.25, -0.2) is 0 Å². The number of aryl methyl sites for hydroxylation is 1. The van der Waals surface area contributed by atoms with Crippen molar-refractivity contribution in [3.8, 4) is 0 Å². The Labute approximate surface area is 117 Å². The third-order valence-corrected chi connectivity index (χ3v) is 3.89. The van der Waals surface area contributed by atoms with E-state index in [2.05, 4.69) is 43.1 Å². The van der Waals surface area contributed by atoms with Crippen LogP contribution in [0, 0.1) is 5.92 Å². The van der Waals surface area contributed by atoms with Gasteiger partial charge in [-0.05, 0) is 43.4 Å². The van der Waals surface area contributed by atoms with Crippen molar-refractivity contribution in [3.63, 3.8) is 0 Å². The van der Waals surface area contributed by atoms with Crippen LogP contribution in [0.1, 0.15) is 30.9 Å². The highest BCUT2D eigenvalue weighted by molar-refractivity contribution is 5.85. The third-order valence-electron chi connectivity index (χ3n) is 3.89. The molecule has 0 saturated heterocycles. The smallest absolute Gasteiger partial charge is 0.0247 e. The maximum Gasteiger partial charge on any atom is 0.0247 e. The second-order valence-corrected chi connectivity index (χ2v) is 5.18. The Bertz CT molecular complexity index is 363. The topological polar surface area (TPSA) is 29.3 Å². The lowest BCUT2D eigenvalue weighted by Crippen LogP contribution is -2.39. The molecule has 1 fully saturated rings. The Hall–Kier alpha value is -0.570. The van der Waals surface area contributed by atoms with Crippen LogP contribution in [-0.2, 0) is 13.0 Å². The quantitative estimate of drug-likeness (QED) is 0.860. The molecular weight excluding hydrogens is 244 g/mol. The van der Waals surface area contributed by atoms with Crippen LogP contribution >= 0.6 is 12.4 Å². The van der Waals surface area contributed by atoms with E-state index in [4.69, 9.17) is 5.73 Å². The van der Waals surface area contributed by atoms with Crippen LogP contribution in [0.2, 0.25) is 0 Å². The number of likely N-dealkylation sites (N-methyl/N-ethyl adjacent to an activating group) is 1. The molecule has 0 aliphatic heterocycles. The Morgan fingerprint density at radius 2 is 1.89 bits per heavy atom. The highest BCUT2D eigenvalue weighted by Crippen LogP contribution is 2.35. The first-order valence-corrected chi connectivity index (χ1v) is 6.73. The van der Waals surface area contributed by atoms with Crippen molar-refractivity contribution in [1.82, 2.24) is 4.90 Å². The predicted octanol–water partition coefficient (Wildman–Crippen LogP) is 2.84. The number of benzene rings is 1. The summed E-state index contributed by atoms with van der Waals surface area (Å²) in [6.07, 6.45) is 3.84. The molecule has 0 radical (unpaired) electrons. The summed E-state index contributed by atoms with van der Waals surface area (Å²) in [4.78, 5) is 2.44. The molecule has 3 heteroatoms. The minimum atomic E-state index is 0. The molecule has 18 heavy (non-hydrogen) atoms. The zero-order valence-corrected chi connectivity index (χ0v) is 12.2. The molecule has 1 aromatic carbocycles. The van der Waals surface area contributed by atoms with Gasteiger partial charge in [-0.15, -0.1) is 12.4 Å². The number of hydrogen-bond donors (Lipinski definition) is 1. The minimum Gasteiger partial charge on any atom is -0.329 e. The van der Waals surface area contributed by atoms with Gasteiger partial charge in [-0.1, -0.05) is 31.2 Å². The lowest BCUT2D eigenvalue weighted by atomic mass is 10.0. The average molecular weight is 269 g/mol. The van der Waals surface area contributed by atoms with Crippen LogP contribution < -0.4 is 5.73 Å². The summed E-state index contributed by atoms with van der Waals surface area (Å²) in [5.74, 6) is 0.846. The van der Waals surface area contributed by atoms with Crippen molar-refractivity contribution < 1.29 is 0 Å². The fourth-order valence-corrected chi connectivity index (χ4v) is 2.66. The summed E-state index contributed by atoms with van der Waals surface area (Å²) in [5, 5.41) is 0. The summed E-state index contributed by atoms with van der Waals surface area (Å²) in [5.41, 5.74) is 8.82. The first-order chi connectivity index (χ1) is 8.26. The normalized spacial score (nSPS) is 16.4. The van der Waals surface area contributed by atoms with Crippen LogP contribution in [0.25, 0.3) is 0 Å². The molecule has 2 rings (SSSR count). The zero-order chi connectivity index (χ0) is 12.3. The molecule has 102 valence electrons. The van der Waals surface area contributed by atoms with Gasteiger partial charge in [0.1, 0.15) is 0 Å². The molecule has 1 atom stereocenters. The second-order valence-electron chi connectivity index (χ2n) is 5.18. The number of nitrogens with zero attached hydrogens (tertiary/aromatic N) is 1. The van der Waals surface area contributed by atoms with Crippen molar-refractivity contribution in [2.45, 2.75) is 38.8 Å². The van der Waals surface area contributed by atoms with Crippen LogP contribution in [-0.4, -0.2) is 24.5 Å². The Kier molecular flexibility index (Phi) is 6.13. The highest BCUT2D eigenvalue weighted by atomic mass is 35.5. The van der Waals surface area contributed by atoms with Crippen molar-refractivity contribution in [2.24, 2.45) is 11.7 Å². The van der Waals surface area contributed by atoms with E-state index in [-0.39, 0.29) is 12.4 Å². The van der Waals surface area contributed by atoms with Gasteiger partial charge >= 0.3 is 0 Å². The van der Waals surface area contributed by atoms with E-state index in [1.54, 1.807) is 0 Å². The molecular formula is C15H25ClN2. The minimum absolute atomic E-state index is 0. The van der Waals surface area contributed by atoms with Crippen LogP contribution in [0.15, 0.2) is 24.3 Å². The summed E-state index contributed by atoms with van der Waals surface area (Å²) >= 11 is 0. The van der Waals surface area contributed by atoms with Crippen LogP contribution in [0.4, 0.5) is 0 Å². The van der Waals surface area contributed by atoms with E-state index in [1.165, 1.54) is 24.0 Å². The van der Waals surface area contributed by atoms with Crippen LogP contribution in [0.3, 0.4) is 0 Å². The molecule has 1 unspecified atom stereocenters. The molecule has 0 amide bonds.